The molecule has 0 amide bonds. The molecule has 0 nitrogen and oxygen atoms in total. The Labute approximate surface area is 176 Å². The highest BCUT2D eigenvalue weighted by Gasteiger charge is 2.47. The molecule has 3 aromatic carbocycles. The number of rotatable bonds is 3. The molecule has 3 aromatic rings. The number of halogens is 2. The Bertz CT molecular complexity index is 925. The Morgan fingerprint density at radius 3 is 1.31 bits per heavy atom. The quantitative estimate of drug-likeness (QED) is 0.278. The van der Waals surface area contributed by atoms with Gasteiger partial charge in [0.2, 0.25) is 0 Å². The van der Waals surface area contributed by atoms with Gasteiger partial charge >= 0.3 is 0 Å². The Morgan fingerprint density at radius 1 is 0.577 bits per heavy atom. The SMILES string of the molecule is S=P1(c2ccccc2)[C@H](Br)C(c2ccccc2)=C(c2ccccc2)[C@@H]1Br. The zero-order chi connectivity index (χ0) is 18.1. The number of benzene rings is 3. The van der Waals surface area contributed by atoms with E-state index >= 15 is 0 Å². The number of hydrogen-bond acceptors (Lipinski definition) is 1. The lowest BCUT2D eigenvalue weighted by molar-refractivity contribution is 1.53. The Balaban J connectivity index is 1.97. The Kier molecular flexibility index (Phi) is 5.34. The van der Waals surface area contributed by atoms with Crippen molar-refractivity contribution in [3.05, 3.63) is 102 Å². The van der Waals surface area contributed by atoms with Gasteiger partial charge in [-0.2, -0.15) is 0 Å². The first-order valence-corrected chi connectivity index (χ1v) is 13.2. The van der Waals surface area contributed by atoms with Crippen LogP contribution in [0.5, 0.6) is 0 Å². The maximum Gasteiger partial charge on any atom is 0.0745 e. The van der Waals surface area contributed by atoms with E-state index in [1.54, 1.807) is 0 Å². The minimum Gasteiger partial charge on any atom is -0.0896 e. The second-order valence-corrected chi connectivity index (χ2v) is 14.3. The van der Waals surface area contributed by atoms with E-state index in [1.165, 1.54) is 27.6 Å². The summed E-state index contributed by atoms with van der Waals surface area (Å²) in [5, 5.41) is 1.26. The lowest BCUT2D eigenvalue weighted by Gasteiger charge is -2.26. The topological polar surface area (TPSA) is 0 Å². The highest BCUT2D eigenvalue weighted by atomic mass is 79.9. The smallest absolute Gasteiger partial charge is 0.0745 e. The van der Waals surface area contributed by atoms with Crippen LogP contribution in [0.2, 0.25) is 0 Å². The van der Waals surface area contributed by atoms with Crippen LogP contribution in [0.1, 0.15) is 11.1 Å². The summed E-state index contributed by atoms with van der Waals surface area (Å²) in [6.45, 7) is 0. The van der Waals surface area contributed by atoms with Gasteiger partial charge < -0.3 is 0 Å². The Hall–Kier alpha value is -0.990. The first-order valence-electron chi connectivity index (χ1n) is 8.42. The van der Waals surface area contributed by atoms with Gasteiger partial charge in [-0.25, -0.2) is 0 Å². The molecule has 26 heavy (non-hydrogen) atoms. The van der Waals surface area contributed by atoms with Crippen LogP contribution in [-0.2, 0) is 11.8 Å². The van der Waals surface area contributed by atoms with E-state index in [0.29, 0.717) is 0 Å². The molecule has 1 aliphatic heterocycles. The van der Waals surface area contributed by atoms with E-state index in [-0.39, 0.29) is 9.14 Å². The lowest BCUT2D eigenvalue weighted by Crippen LogP contribution is -2.14. The summed E-state index contributed by atoms with van der Waals surface area (Å²) >= 11 is 14.5. The number of allylic oxidation sites excluding steroid dienone is 2. The van der Waals surface area contributed by atoms with Gasteiger partial charge in [0.05, 0.1) is 9.14 Å². The molecule has 0 aromatic heterocycles. The summed E-state index contributed by atoms with van der Waals surface area (Å²) in [6.07, 6.45) is 0. The average Bonchev–Trinajstić information content (AvgIpc) is 2.92. The van der Waals surface area contributed by atoms with Gasteiger partial charge in [0.15, 0.2) is 0 Å². The van der Waals surface area contributed by atoms with E-state index in [0.717, 1.165) is 0 Å². The molecule has 0 bridgehead atoms. The Morgan fingerprint density at radius 2 is 0.923 bits per heavy atom. The monoisotopic (exact) mass is 502 g/mol. The van der Waals surface area contributed by atoms with Crippen molar-refractivity contribution in [2.75, 3.05) is 0 Å². The fourth-order valence-corrected chi connectivity index (χ4v) is 12.0. The van der Waals surface area contributed by atoms with Crippen molar-refractivity contribution in [3.63, 3.8) is 0 Å². The first kappa shape index (κ1) is 18.4. The van der Waals surface area contributed by atoms with Crippen LogP contribution in [0.3, 0.4) is 0 Å². The fraction of sp³-hybridized carbons (Fsp3) is 0.0909. The van der Waals surface area contributed by atoms with Crippen LogP contribution >= 0.6 is 37.9 Å². The van der Waals surface area contributed by atoms with Crippen molar-refractivity contribution >= 4 is 66.2 Å². The van der Waals surface area contributed by atoms with Gasteiger partial charge in [-0.3, -0.25) is 0 Å². The van der Waals surface area contributed by atoms with Crippen LogP contribution in [-0.4, -0.2) is 9.14 Å². The highest BCUT2D eigenvalue weighted by Crippen LogP contribution is 2.72. The van der Waals surface area contributed by atoms with Gasteiger partial charge in [0.1, 0.15) is 0 Å². The second-order valence-electron chi connectivity index (χ2n) is 6.28. The molecule has 0 saturated carbocycles. The zero-order valence-electron chi connectivity index (χ0n) is 13.9. The summed E-state index contributed by atoms with van der Waals surface area (Å²) in [7, 11) is 0. The summed E-state index contributed by atoms with van der Waals surface area (Å²) < 4.78 is 0.267. The third-order valence-electron chi connectivity index (χ3n) is 4.77. The maximum absolute atomic E-state index is 6.41. The highest BCUT2D eigenvalue weighted by molar-refractivity contribution is 9.13. The van der Waals surface area contributed by atoms with Gasteiger partial charge in [-0.15, -0.1) is 0 Å². The molecule has 4 rings (SSSR count). The molecule has 130 valence electrons. The van der Waals surface area contributed by atoms with Crippen LogP contribution in [0.25, 0.3) is 11.1 Å². The van der Waals surface area contributed by atoms with Crippen molar-refractivity contribution in [1.29, 1.82) is 0 Å². The number of alkyl halides is 2. The fourth-order valence-electron chi connectivity index (χ4n) is 3.50. The predicted molar refractivity (Wildman–Crippen MR) is 125 cm³/mol. The maximum atomic E-state index is 6.41. The van der Waals surface area contributed by atoms with Crippen LogP contribution in [0.15, 0.2) is 91.0 Å². The molecule has 0 saturated heterocycles. The molecule has 1 unspecified atom stereocenters. The minimum absolute atomic E-state index is 0.134. The van der Waals surface area contributed by atoms with Crippen molar-refractivity contribution in [1.82, 2.24) is 0 Å². The minimum atomic E-state index is -1.96. The van der Waals surface area contributed by atoms with E-state index in [1.807, 2.05) is 0 Å². The third-order valence-corrected chi connectivity index (χ3v) is 16.1. The van der Waals surface area contributed by atoms with E-state index in [2.05, 4.69) is 123 Å². The van der Waals surface area contributed by atoms with Crippen LogP contribution in [0, 0.1) is 0 Å². The van der Waals surface area contributed by atoms with Gasteiger partial charge in [-0.1, -0.05) is 135 Å². The van der Waals surface area contributed by atoms with Crippen molar-refractivity contribution in [3.8, 4) is 0 Å². The van der Waals surface area contributed by atoms with E-state index < -0.39 is 6.04 Å². The summed E-state index contributed by atoms with van der Waals surface area (Å²) in [5.41, 5.74) is 5.09. The lowest BCUT2D eigenvalue weighted by atomic mass is 9.97. The largest absolute Gasteiger partial charge is 0.0896 e. The molecule has 1 heterocycles. The molecular weight excluding hydrogens is 487 g/mol. The van der Waals surface area contributed by atoms with E-state index in [9.17, 15) is 0 Å². The normalized spacial score (nSPS) is 25.5. The van der Waals surface area contributed by atoms with Gasteiger partial charge in [0, 0.05) is 6.04 Å². The standard InChI is InChI=1S/C22H17Br2PS/c23-21-19(16-10-4-1-5-11-16)20(17-12-6-2-7-13-17)22(24)25(21,26)18-14-8-3-9-15-18/h1-15,21-22H/t21-,22+,25?. The first-order chi connectivity index (χ1) is 12.6. The van der Waals surface area contributed by atoms with Gasteiger partial charge in [-0.05, 0) is 27.6 Å². The zero-order valence-corrected chi connectivity index (χ0v) is 18.8. The van der Waals surface area contributed by atoms with Crippen molar-refractivity contribution in [2.45, 2.75) is 9.14 Å². The average molecular weight is 504 g/mol. The molecule has 4 heteroatoms. The molecule has 0 aliphatic carbocycles. The summed E-state index contributed by atoms with van der Waals surface area (Å²) in [5.74, 6) is 0. The van der Waals surface area contributed by atoms with Crippen molar-refractivity contribution < 1.29 is 0 Å². The molecule has 0 spiro atoms. The summed E-state index contributed by atoms with van der Waals surface area (Å²) in [6, 6.07) is 29.9. The van der Waals surface area contributed by atoms with Crippen LogP contribution in [0.4, 0.5) is 0 Å². The molecule has 0 N–H and O–H groups in total. The van der Waals surface area contributed by atoms with Crippen molar-refractivity contribution in [2.24, 2.45) is 0 Å². The van der Waals surface area contributed by atoms with E-state index in [4.69, 9.17) is 11.8 Å². The summed E-state index contributed by atoms with van der Waals surface area (Å²) in [4.78, 5) is 0. The third kappa shape index (κ3) is 2.99. The predicted octanol–water partition coefficient (Wildman–Crippen LogP) is 6.86. The van der Waals surface area contributed by atoms with Gasteiger partial charge in [0.25, 0.3) is 0 Å². The molecular formula is C22H17Br2PS. The molecule has 0 fully saturated rings. The second kappa shape index (κ2) is 7.56. The molecule has 3 atom stereocenters. The molecule has 0 radical (unpaired) electrons. The number of hydrogen-bond donors (Lipinski definition) is 0. The van der Waals surface area contributed by atoms with Crippen LogP contribution < -0.4 is 5.30 Å². The molecule has 1 aliphatic rings.